The van der Waals surface area contributed by atoms with Crippen molar-refractivity contribution in [3.63, 3.8) is 0 Å². The molecule has 2 nitrogen and oxygen atoms in total. The molecule has 0 aliphatic heterocycles. The van der Waals surface area contributed by atoms with E-state index in [1.54, 1.807) is 6.08 Å². The van der Waals surface area contributed by atoms with Crippen LogP contribution in [0.15, 0.2) is 35.9 Å². The number of alkyl halides is 3. The van der Waals surface area contributed by atoms with Gasteiger partial charge in [-0.3, -0.25) is 0 Å². The highest BCUT2D eigenvalue weighted by Gasteiger charge is 2.30. The van der Waals surface area contributed by atoms with Crippen molar-refractivity contribution in [2.45, 2.75) is 20.0 Å². The summed E-state index contributed by atoms with van der Waals surface area (Å²) in [6.45, 7) is 3.82. The summed E-state index contributed by atoms with van der Waals surface area (Å²) >= 11 is 0. The van der Waals surface area contributed by atoms with E-state index in [1.165, 1.54) is 0 Å². The Morgan fingerprint density at radius 3 is 2.22 bits per heavy atom. The monoisotopic (exact) mass is 258 g/mol. The third kappa shape index (κ3) is 4.24. The molecule has 0 atom stereocenters. The van der Waals surface area contributed by atoms with Crippen molar-refractivity contribution in [1.82, 2.24) is 0 Å². The van der Waals surface area contributed by atoms with E-state index in [9.17, 15) is 18.0 Å². The summed E-state index contributed by atoms with van der Waals surface area (Å²) in [5, 5.41) is 0. The van der Waals surface area contributed by atoms with Crippen LogP contribution >= 0.6 is 0 Å². The summed E-state index contributed by atoms with van der Waals surface area (Å²) in [6, 6.07) is 3.93. The van der Waals surface area contributed by atoms with Gasteiger partial charge in [-0.15, -0.1) is 0 Å². The maximum Gasteiger partial charge on any atom is 0.416 e. The first kappa shape index (κ1) is 14.3. The maximum absolute atomic E-state index is 12.3. The second kappa shape index (κ2) is 5.71. The van der Waals surface area contributed by atoms with Crippen LogP contribution in [-0.2, 0) is 10.9 Å². The Hall–Kier alpha value is -1.78. The van der Waals surface area contributed by atoms with Crippen molar-refractivity contribution in [3.8, 4) is 0 Å². The lowest BCUT2D eigenvalue weighted by Gasteiger charge is -2.07. The van der Waals surface area contributed by atoms with E-state index >= 15 is 0 Å². The van der Waals surface area contributed by atoms with Gasteiger partial charge in [0, 0.05) is 0 Å². The van der Waals surface area contributed by atoms with Gasteiger partial charge in [-0.25, -0.2) is 4.79 Å². The Labute approximate surface area is 103 Å². The van der Waals surface area contributed by atoms with Crippen molar-refractivity contribution in [2.24, 2.45) is 0 Å². The molecule has 1 aromatic rings. The minimum atomic E-state index is -4.40. The predicted molar refractivity (Wildman–Crippen MR) is 61.2 cm³/mol. The number of benzene rings is 1. The fourth-order valence-electron chi connectivity index (χ4n) is 1.16. The van der Waals surface area contributed by atoms with Crippen LogP contribution in [0, 0.1) is 0 Å². The number of hydrogen-bond acceptors (Lipinski definition) is 2. The maximum atomic E-state index is 12.3. The molecule has 0 saturated carbocycles. The summed E-state index contributed by atoms with van der Waals surface area (Å²) in [7, 11) is 0. The molecule has 1 rings (SSSR count). The molecule has 0 bridgehead atoms. The van der Waals surface area contributed by atoms with Crippen LogP contribution < -0.4 is 0 Å². The molecule has 0 aliphatic carbocycles. The third-order valence-electron chi connectivity index (χ3n) is 2.15. The van der Waals surface area contributed by atoms with Crippen LogP contribution in [0.2, 0.25) is 0 Å². The lowest BCUT2D eigenvalue weighted by molar-refractivity contribution is -0.137. The number of rotatable bonds is 3. The topological polar surface area (TPSA) is 26.3 Å². The number of hydrogen-bond donors (Lipinski definition) is 0. The van der Waals surface area contributed by atoms with Crippen LogP contribution in [0.1, 0.15) is 29.8 Å². The average molecular weight is 258 g/mol. The molecule has 0 saturated heterocycles. The van der Waals surface area contributed by atoms with Crippen LogP contribution in [0.25, 0.3) is 0 Å². The molecule has 0 aromatic heterocycles. The molecule has 0 aliphatic rings. The highest BCUT2D eigenvalue weighted by Crippen LogP contribution is 2.29. The first-order valence-corrected chi connectivity index (χ1v) is 5.28. The Morgan fingerprint density at radius 2 is 1.78 bits per heavy atom. The van der Waals surface area contributed by atoms with Gasteiger partial charge in [-0.1, -0.05) is 5.57 Å². The molecule has 0 amide bonds. The van der Waals surface area contributed by atoms with Gasteiger partial charge in [-0.2, -0.15) is 13.2 Å². The molecule has 0 spiro atoms. The first-order valence-electron chi connectivity index (χ1n) is 5.28. The van der Waals surface area contributed by atoms with Crippen molar-refractivity contribution in [1.29, 1.82) is 0 Å². The zero-order valence-corrected chi connectivity index (χ0v) is 10.0. The van der Waals surface area contributed by atoms with Crippen molar-refractivity contribution < 1.29 is 22.7 Å². The zero-order chi connectivity index (χ0) is 13.8. The minimum Gasteiger partial charge on any atom is -0.458 e. The quantitative estimate of drug-likeness (QED) is 0.608. The molecule has 1 aromatic carbocycles. The van der Waals surface area contributed by atoms with Crippen molar-refractivity contribution in [2.75, 3.05) is 6.61 Å². The number of allylic oxidation sites excluding steroid dienone is 1. The molecular formula is C13H13F3O2. The van der Waals surface area contributed by atoms with Crippen molar-refractivity contribution >= 4 is 5.97 Å². The van der Waals surface area contributed by atoms with E-state index in [2.05, 4.69) is 0 Å². The summed E-state index contributed by atoms with van der Waals surface area (Å²) < 4.78 is 41.7. The van der Waals surface area contributed by atoms with E-state index < -0.39 is 17.7 Å². The molecule has 18 heavy (non-hydrogen) atoms. The fourth-order valence-corrected chi connectivity index (χ4v) is 1.16. The number of carbonyl (C=O) groups excluding carboxylic acids is 1. The summed E-state index contributed by atoms with van der Waals surface area (Å²) in [5.74, 6) is -0.638. The standard InChI is InChI=1S/C13H13F3O2/c1-9(2)7-8-18-12(17)10-3-5-11(6-4-10)13(14,15)16/h3-7H,8H2,1-2H3. The number of esters is 1. The van der Waals surface area contributed by atoms with Crippen LogP contribution in [0.5, 0.6) is 0 Å². The molecule has 5 heteroatoms. The van der Waals surface area contributed by atoms with Gasteiger partial charge in [0.15, 0.2) is 0 Å². The Kier molecular flexibility index (Phi) is 4.53. The second-order valence-electron chi connectivity index (χ2n) is 3.96. The Morgan fingerprint density at radius 1 is 1.22 bits per heavy atom. The van der Waals surface area contributed by atoms with E-state index in [1.807, 2.05) is 13.8 Å². The smallest absolute Gasteiger partial charge is 0.416 e. The van der Waals surface area contributed by atoms with E-state index in [0.717, 1.165) is 29.8 Å². The van der Waals surface area contributed by atoms with Crippen LogP contribution in [0.4, 0.5) is 13.2 Å². The minimum absolute atomic E-state index is 0.102. The summed E-state index contributed by atoms with van der Waals surface area (Å²) in [5.41, 5.74) is 0.309. The van der Waals surface area contributed by atoms with Gasteiger partial charge in [0.25, 0.3) is 0 Å². The fraction of sp³-hybridized carbons (Fsp3) is 0.308. The second-order valence-corrected chi connectivity index (χ2v) is 3.96. The number of ether oxygens (including phenoxy) is 1. The predicted octanol–water partition coefficient (Wildman–Crippen LogP) is 3.83. The first-order chi connectivity index (χ1) is 8.30. The molecule has 0 N–H and O–H groups in total. The summed E-state index contributed by atoms with van der Waals surface area (Å²) in [6.07, 6.45) is -2.69. The molecule has 0 fully saturated rings. The Balaban J connectivity index is 2.68. The Bertz CT molecular complexity index is 440. The SMILES string of the molecule is CC(C)=CCOC(=O)c1ccc(C(F)(F)F)cc1. The lowest BCUT2D eigenvalue weighted by atomic mass is 10.1. The van der Waals surface area contributed by atoms with Crippen molar-refractivity contribution in [3.05, 3.63) is 47.0 Å². The van der Waals surface area contributed by atoms with Gasteiger partial charge in [-0.05, 0) is 44.2 Å². The average Bonchev–Trinajstić information content (AvgIpc) is 2.27. The van der Waals surface area contributed by atoms with Crippen LogP contribution in [-0.4, -0.2) is 12.6 Å². The van der Waals surface area contributed by atoms with E-state index in [4.69, 9.17) is 4.74 Å². The van der Waals surface area contributed by atoms with E-state index in [-0.39, 0.29) is 12.2 Å². The molecular weight excluding hydrogens is 245 g/mol. The highest BCUT2D eigenvalue weighted by molar-refractivity contribution is 5.89. The molecule has 0 radical (unpaired) electrons. The lowest BCUT2D eigenvalue weighted by Crippen LogP contribution is -2.08. The number of halogens is 3. The van der Waals surface area contributed by atoms with Crippen LogP contribution in [0.3, 0.4) is 0 Å². The molecule has 0 heterocycles. The van der Waals surface area contributed by atoms with Gasteiger partial charge in [0.05, 0.1) is 11.1 Å². The number of carbonyl (C=O) groups is 1. The third-order valence-corrected chi connectivity index (χ3v) is 2.15. The van der Waals surface area contributed by atoms with Gasteiger partial charge >= 0.3 is 12.1 Å². The highest BCUT2D eigenvalue weighted by atomic mass is 19.4. The van der Waals surface area contributed by atoms with Gasteiger partial charge in [0.1, 0.15) is 6.61 Å². The molecule has 98 valence electrons. The van der Waals surface area contributed by atoms with E-state index in [0.29, 0.717) is 0 Å². The zero-order valence-electron chi connectivity index (χ0n) is 10.0. The van der Waals surface area contributed by atoms with Gasteiger partial charge < -0.3 is 4.74 Å². The largest absolute Gasteiger partial charge is 0.458 e. The van der Waals surface area contributed by atoms with Gasteiger partial charge in [0.2, 0.25) is 0 Å². The summed E-state index contributed by atoms with van der Waals surface area (Å²) in [4.78, 5) is 11.5. The molecule has 0 unspecified atom stereocenters. The normalized spacial score (nSPS) is 10.9.